The van der Waals surface area contributed by atoms with Crippen molar-refractivity contribution >= 4 is 18.4 Å². The lowest BCUT2D eigenvalue weighted by molar-refractivity contribution is -0.0901. The Morgan fingerprint density at radius 2 is 1.46 bits per heavy atom. The van der Waals surface area contributed by atoms with Gasteiger partial charge in [-0.05, 0) is 23.3 Å². The normalized spacial score (nSPS) is 17.0. The number of allylic oxidation sites excluding steroid dienone is 1. The number of benzene rings is 2. The predicted octanol–water partition coefficient (Wildman–Crippen LogP) is 4.30. The number of unbranched alkanes of at least 4 members (excludes halogenated alkanes) is 1. The van der Waals surface area contributed by atoms with Crippen molar-refractivity contribution in [1.29, 1.82) is 0 Å². The lowest BCUT2D eigenvalue weighted by atomic mass is 10.3. The van der Waals surface area contributed by atoms with Crippen molar-refractivity contribution < 1.29 is 9.47 Å². The van der Waals surface area contributed by atoms with Gasteiger partial charge in [0.15, 0.2) is 13.5 Å². The zero-order valence-corrected chi connectivity index (χ0v) is 17.0. The summed E-state index contributed by atoms with van der Waals surface area (Å²) in [7, 11) is -2.32. The van der Waals surface area contributed by atoms with E-state index in [1.807, 2.05) is 0 Å². The zero-order chi connectivity index (χ0) is 18.3. The van der Waals surface area contributed by atoms with E-state index in [2.05, 4.69) is 86.7 Å². The molecule has 0 saturated carbocycles. The van der Waals surface area contributed by atoms with E-state index in [0.717, 1.165) is 12.5 Å². The Hall–Kier alpha value is -1.68. The molecule has 2 aromatic rings. The number of ether oxygens (including phenoxy) is 2. The molecule has 2 nitrogen and oxygen atoms in total. The Morgan fingerprint density at radius 3 is 1.92 bits per heavy atom. The third-order valence-corrected chi connectivity index (χ3v) is 11.0. The van der Waals surface area contributed by atoms with Crippen LogP contribution in [0.25, 0.3) is 0 Å². The number of hydrogen-bond donors (Lipinski definition) is 0. The Bertz CT molecular complexity index is 651. The second-order valence-electron chi connectivity index (χ2n) is 6.96. The molecule has 0 N–H and O–H groups in total. The van der Waals surface area contributed by atoms with Crippen molar-refractivity contribution in [2.24, 2.45) is 0 Å². The van der Waals surface area contributed by atoms with E-state index in [4.69, 9.17) is 9.47 Å². The summed E-state index contributed by atoms with van der Waals surface area (Å²) >= 11 is 0. The molecule has 0 aromatic heterocycles. The van der Waals surface area contributed by atoms with Crippen LogP contribution in [0, 0.1) is 0 Å². The lowest BCUT2D eigenvalue weighted by Crippen LogP contribution is -2.73. The van der Waals surface area contributed by atoms with E-state index in [0.29, 0.717) is 13.2 Å². The first kappa shape index (κ1) is 19.1. The van der Waals surface area contributed by atoms with Crippen molar-refractivity contribution in [2.45, 2.75) is 44.6 Å². The highest BCUT2D eigenvalue weighted by atomic mass is 28.3. The SMILES string of the molecule is CC=CCC1([Si](CCCC)(c2ccccc2)c2ccccc2)OCCO1. The monoisotopic (exact) mass is 366 g/mol. The molecular formula is C23H30O2Si. The fourth-order valence-corrected chi connectivity index (χ4v) is 9.98. The number of hydrogen-bond acceptors (Lipinski definition) is 2. The molecule has 1 aliphatic heterocycles. The highest BCUT2D eigenvalue weighted by Gasteiger charge is 2.58. The average molecular weight is 367 g/mol. The third kappa shape index (κ3) is 3.44. The van der Waals surface area contributed by atoms with Gasteiger partial charge in [-0.2, -0.15) is 0 Å². The fourth-order valence-electron chi connectivity index (χ4n) is 4.24. The molecule has 0 atom stereocenters. The minimum absolute atomic E-state index is 0.530. The van der Waals surface area contributed by atoms with Gasteiger partial charge in [0.1, 0.15) is 0 Å². The van der Waals surface area contributed by atoms with Gasteiger partial charge in [0, 0.05) is 6.42 Å². The molecule has 2 aromatic carbocycles. The molecule has 0 unspecified atom stereocenters. The molecule has 1 aliphatic rings. The van der Waals surface area contributed by atoms with Crippen molar-refractivity contribution in [3.05, 3.63) is 72.8 Å². The molecule has 0 radical (unpaired) electrons. The molecule has 3 heteroatoms. The van der Waals surface area contributed by atoms with Crippen LogP contribution >= 0.6 is 0 Å². The van der Waals surface area contributed by atoms with Crippen LogP contribution in [-0.2, 0) is 9.47 Å². The molecule has 1 saturated heterocycles. The van der Waals surface area contributed by atoms with Crippen LogP contribution in [0.15, 0.2) is 72.8 Å². The molecule has 0 amide bonds. The van der Waals surface area contributed by atoms with Crippen LogP contribution in [0.1, 0.15) is 33.1 Å². The fraction of sp³-hybridized carbons (Fsp3) is 0.391. The second-order valence-corrected chi connectivity index (χ2v) is 11.2. The largest absolute Gasteiger partial charge is 0.350 e. The molecule has 138 valence electrons. The lowest BCUT2D eigenvalue weighted by Gasteiger charge is -2.46. The quantitative estimate of drug-likeness (QED) is 0.512. The first-order valence-corrected chi connectivity index (χ1v) is 12.0. The number of rotatable bonds is 8. The Morgan fingerprint density at radius 1 is 0.923 bits per heavy atom. The summed E-state index contributed by atoms with van der Waals surface area (Å²) in [6, 6.07) is 23.1. The first-order valence-electron chi connectivity index (χ1n) is 9.79. The van der Waals surface area contributed by atoms with Gasteiger partial charge in [0.05, 0.1) is 13.2 Å². The maximum absolute atomic E-state index is 6.50. The summed E-state index contributed by atoms with van der Waals surface area (Å²) in [4.78, 5) is 0. The Balaban J connectivity index is 2.25. The van der Waals surface area contributed by atoms with E-state index in [-0.39, 0.29) is 0 Å². The van der Waals surface area contributed by atoms with Gasteiger partial charge in [0.25, 0.3) is 0 Å². The minimum atomic E-state index is -2.32. The molecule has 1 heterocycles. The zero-order valence-electron chi connectivity index (χ0n) is 16.0. The molecular weight excluding hydrogens is 336 g/mol. The van der Waals surface area contributed by atoms with E-state index < -0.39 is 13.5 Å². The van der Waals surface area contributed by atoms with Gasteiger partial charge >= 0.3 is 0 Å². The third-order valence-electron chi connectivity index (χ3n) is 5.46. The van der Waals surface area contributed by atoms with E-state index in [9.17, 15) is 0 Å². The average Bonchev–Trinajstić information content (AvgIpc) is 3.19. The summed E-state index contributed by atoms with van der Waals surface area (Å²) in [6.07, 6.45) is 7.49. The van der Waals surface area contributed by atoms with Crippen LogP contribution in [0.5, 0.6) is 0 Å². The summed E-state index contributed by atoms with van der Waals surface area (Å²) in [5.41, 5.74) is -0.530. The molecule has 3 rings (SSSR count). The topological polar surface area (TPSA) is 18.5 Å². The van der Waals surface area contributed by atoms with Crippen LogP contribution < -0.4 is 10.4 Å². The smallest absolute Gasteiger partial charge is 0.187 e. The Kier molecular flexibility index (Phi) is 6.46. The molecule has 0 spiro atoms. The second kappa shape index (κ2) is 8.80. The van der Waals surface area contributed by atoms with Gasteiger partial charge < -0.3 is 9.47 Å². The summed E-state index contributed by atoms with van der Waals surface area (Å²) in [5, 5.41) is 2.82. The highest BCUT2D eigenvalue weighted by Crippen LogP contribution is 2.37. The van der Waals surface area contributed by atoms with Crippen LogP contribution in [0.3, 0.4) is 0 Å². The van der Waals surface area contributed by atoms with Gasteiger partial charge in [-0.3, -0.25) is 0 Å². The molecule has 26 heavy (non-hydrogen) atoms. The first-order chi connectivity index (χ1) is 12.8. The van der Waals surface area contributed by atoms with E-state index >= 15 is 0 Å². The highest BCUT2D eigenvalue weighted by molar-refractivity contribution is 7.04. The van der Waals surface area contributed by atoms with Gasteiger partial charge in [-0.25, -0.2) is 0 Å². The van der Waals surface area contributed by atoms with Crippen molar-refractivity contribution in [2.75, 3.05) is 13.2 Å². The van der Waals surface area contributed by atoms with Crippen LogP contribution in [0.4, 0.5) is 0 Å². The van der Waals surface area contributed by atoms with E-state index in [1.165, 1.54) is 23.2 Å². The van der Waals surface area contributed by atoms with Crippen LogP contribution in [0.2, 0.25) is 6.04 Å². The Labute approximate surface area is 158 Å². The predicted molar refractivity (Wildman–Crippen MR) is 112 cm³/mol. The maximum Gasteiger partial charge on any atom is 0.187 e. The van der Waals surface area contributed by atoms with Gasteiger partial charge in [0.2, 0.25) is 0 Å². The van der Waals surface area contributed by atoms with Gasteiger partial charge in [-0.15, -0.1) is 0 Å². The molecule has 1 fully saturated rings. The molecule has 0 bridgehead atoms. The standard InChI is InChI=1S/C23H30O2Si/c1-3-5-17-23(24-18-19-25-23)26(20-6-4-2,21-13-9-7-10-14-21)22-15-11-8-12-16-22/h3,5,7-16H,4,6,17-20H2,1-2H3. The van der Waals surface area contributed by atoms with E-state index in [1.54, 1.807) is 0 Å². The summed E-state index contributed by atoms with van der Waals surface area (Å²) in [5.74, 6) is 0. The maximum atomic E-state index is 6.50. The van der Waals surface area contributed by atoms with Crippen LogP contribution in [-0.4, -0.2) is 26.7 Å². The van der Waals surface area contributed by atoms with Crippen molar-refractivity contribution in [3.63, 3.8) is 0 Å². The summed E-state index contributed by atoms with van der Waals surface area (Å²) < 4.78 is 13.0. The van der Waals surface area contributed by atoms with Crippen molar-refractivity contribution in [3.8, 4) is 0 Å². The molecule has 0 aliphatic carbocycles. The minimum Gasteiger partial charge on any atom is -0.350 e. The summed E-state index contributed by atoms with van der Waals surface area (Å²) in [6.45, 7) is 5.70. The van der Waals surface area contributed by atoms with Crippen molar-refractivity contribution in [1.82, 2.24) is 0 Å². The van der Waals surface area contributed by atoms with Gasteiger partial charge in [-0.1, -0.05) is 92.6 Å².